The number of hydrogen-bond acceptors (Lipinski definition) is 9. The van der Waals surface area contributed by atoms with Gasteiger partial charge in [0.15, 0.2) is 11.3 Å². The molecule has 2 saturated carbocycles. The van der Waals surface area contributed by atoms with Crippen molar-refractivity contribution in [3.63, 3.8) is 0 Å². The quantitative estimate of drug-likeness (QED) is 0.0911. The lowest BCUT2D eigenvalue weighted by Crippen LogP contribution is -2.43. The van der Waals surface area contributed by atoms with Gasteiger partial charge >= 0.3 is 0 Å². The van der Waals surface area contributed by atoms with Crippen LogP contribution in [0, 0.1) is 0 Å². The van der Waals surface area contributed by atoms with Crippen molar-refractivity contribution in [2.75, 3.05) is 0 Å². The van der Waals surface area contributed by atoms with E-state index in [9.17, 15) is 0 Å². The molecule has 6 heterocycles. The van der Waals surface area contributed by atoms with Gasteiger partial charge in [-0.1, -0.05) is 133 Å². The van der Waals surface area contributed by atoms with Crippen LogP contribution in [-0.4, -0.2) is 61.2 Å². The van der Waals surface area contributed by atoms with Gasteiger partial charge in [-0.3, -0.25) is 15.0 Å². The van der Waals surface area contributed by atoms with Crippen LogP contribution in [0.25, 0.3) is 100 Å². The molecule has 0 amide bonds. The number of fused-ring (bicyclic) bond motifs is 6. The molecule has 12 aromatic rings. The molecule has 0 spiro atoms. The van der Waals surface area contributed by atoms with E-state index < -0.39 is 0 Å². The normalized spacial score (nSPS) is 14.4. The van der Waals surface area contributed by atoms with E-state index in [1.165, 1.54) is 24.0 Å². The number of benzene rings is 6. The van der Waals surface area contributed by atoms with Crippen LogP contribution < -0.4 is 11.5 Å². The molecular weight excluding hydrogens is 909 g/mol. The third-order valence-electron chi connectivity index (χ3n) is 14.6. The lowest BCUT2D eigenvalue weighted by molar-refractivity contribution is -0.122. The van der Waals surface area contributed by atoms with Crippen molar-refractivity contribution in [1.29, 1.82) is 0 Å². The number of nitrogens with one attached hydrogen (secondary N) is 2. The minimum Gasteiger partial charge on any atom is -0.483 e. The number of carboxylic acid groups (broad SMARTS) is 1. The van der Waals surface area contributed by atoms with Crippen molar-refractivity contribution in [3.8, 4) is 67.0 Å². The molecule has 2 fully saturated rings. The summed E-state index contributed by atoms with van der Waals surface area (Å²) in [5.74, 6) is 0. The molecule has 14 rings (SSSR count). The average molecular weight is 959 g/mol. The first-order valence-corrected chi connectivity index (χ1v) is 24.4. The molecular formula is C59H50N12O2. The highest BCUT2D eigenvalue weighted by Gasteiger charge is 2.35. The standard InChI is InChI=1S/2C29H24N6.CH2O2/c2*30-29(14-5-15-29)22-12-10-20(11-13-22)26-25(19-6-2-1-3-7-19)18-35-28(33-26)24-9-4-8-23(27(24)34-35)21-16-31-32-17-21;2-1-3/h2*1-4,6-13,16-18H,5,14-15,30H2,(H,31,32);1H,(H,2,3). The molecule has 0 atom stereocenters. The van der Waals surface area contributed by atoms with Crippen LogP contribution in [0.4, 0.5) is 0 Å². The van der Waals surface area contributed by atoms with Crippen molar-refractivity contribution in [1.82, 2.24) is 49.6 Å². The monoisotopic (exact) mass is 958 g/mol. The Balaban J connectivity index is 0.000000141. The first-order valence-electron chi connectivity index (χ1n) is 24.4. The summed E-state index contributed by atoms with van der Waals surface area (Å²) in [7, 11) is 0. The van der Waals surface area contributed by atoms with Crippen LogP contribution in [0.1, 0.15) is 49.7 Å². The molecule has 0 aliphatic heterocycles. The lowest BCUT2D eigenvalue weighted by atomic mass is 9.72. The third-order valence-corrected chi connectivity index (χ3v) is 14.6. The van der Waals surface area contributed by atoms with Crippen LogP contribution >= 0.6 is 0 Å². The highest BCUT2D eigenvalue weighted by Crippen LogP contribution is 2.42. The molecule has 0 unspecified atom stereocenters. The second kappa shape index (κ2) is 18.6. The van der Waals surface area contributed by atoms with Crippen LogP contribution in [0.5, 0.6) is 0 Å². The fourth-order valence-corrected chi connectivity index (χ4v) is 10.3. The van der Waals surface area contributed by atoms with Gasteiger partial charge in [-0.15, -0.1) is 0 Å². The van der Waals surface area contributed by atoms with Crippen LogP contribution in [0.2, 0.25) is 0 Å². The maximum absolute atomic E-state index is 8.36. The molecule has 358 valence electrons. The summed E-state index contributed by atoms with van der Waals surface area (Å²) in [4.78, 5) is 18.8. The summed E-state index contributed by atoms with van der Waals surface area (Å²) in [6.07, 6.45) is 18.2. The fourth-order valence-electron chi connectivity index (χ4n) is 10.3. The SMILES string of the molecule is NC1(c2ccc(-c3nc4c5cccc(-c6cn[nH]c6)c5nn4cc3-c3ccccc3)cc2)CCC1.NC1(c2ccc(-c3nc4c5cccc(-c6cn[nH]c6)c5nn4cc3-c3ccccc3)cc2)CCC1.O=CO. The molecule has 14 nitrogen and oxygen atoms in total. The van der Waals surface area contributed by atoms with Gasteiger partial charge in [0.05, 0.1) is 23.8 Å². The van der Waals surface area contributed by atoms with Crippen molar-refractivity contribution < 1.29 is 9.90 Å². The second-order valence-corrected chi connectivity index (χ2v) is 18.9. The molecule has 73 heavy (non-hydrogen) atoms. The smallest absolute Gasteiger partial charge is 0.290 e. The van der Waals surface area contributed by atoms with E-state index >= 15 is 0 Å². The first-order chi connectivity index (χ1) is 35.8. The van der Waals surface area contributed by atoms with Crippen LogP contribution in [0.15, 0.2) is 183 Å². The van der Waals surface area contributed by atoms with Gasteiger partial charge < -0.3 is 16.6 Å². The van der Waals surface area contributed by atoms with E-state index in [0.717, 1.165) is 126 Å². The first kappa shape index (κ1) is 45.1. The van der Waals surface area contributed by atoms with Crippen molar-refractivity contribution in [2.24, 2.45) is 11.5 Å². The van der Waals surface area contributed by atoms with E-state index in [1.54, 1.807) is 0 Å². The van der Waals surface area contributed by atoms with Crippen LogP contribution in [0.3, 0.4) is 0 Å². The largest absolute Gasteiger partial charge is 0.483 e. The molecule has 0 radical (unpaired) electrons. The van der Waals surface area contributed by atoms with E-state index in [1.807, 2.05) is 58.1 Å². The van der Waals surface area contributed by atoms with Crippen LogP contribution in [-0.2, 0) is 15.9 Å². The van der Waals surface area contributed by atoms with Gasteiger partial charge in [-0.25, -0.2) is 19.0 Å². The minimum absolute atomic E-state index is 0.177. The maximum atomic E-state index is 8.36. The molecule has 0 saturated heterocycles. The van der Waals surface area contributed by atoms with E-state index in [0.29, 0.717) is 0 Å². The number of hydrogen-bond donors (Lipinski definition) is 5. The number of nitrogens with zero attached hydrogens (tertiary/aromatic N) is 8. The Kier molecular flexibility index (Phi) is 11.5. The Hall–Kier alpha value is -9.11. The highest BCUT2D eigenvalue weighted by atomic mass is 16.3. The zero-order valence-corrected chi connectivity index (χ0v) is 39.7. The number of carbonyl (C=O) groups is 1. The molecule has 2 aliphatic rings. The van der Waals surface area contributed by atoms with Crippen molar-refractivity contribution in [3.05, 3.63) is 194 Å². The van der Waals surface area contributed by atoms with Crippen molar-refractivity contribution >= 4 is 39.6 Å². The van der Waals surface area contributed by atoms with Gasteiger partial charge in [0.1, 0.15) is 11.0 Å². The molecule has 2 aliphatic carbocycles. The summed E-state index contributed by atoms with van der Waals surface area (Å²) in [5, 5.41) is 32.9. The Labute approximate surface area is 419 Å². The van der Waals surface area contributed by atoms with E-state index in [4.69, 9.17) is 41.5 Å². The molecule has 0 bridgehead atoms. The van der Waals surface area contributed by atoms with E-state index in [-0.39, 0.29) is 17.6 Å². The van der Waals surface area contributed by atoms with Gasteiger partial charge in [0, 0.05) is 91.1 Å². The number of H-pyrrole nitrogens is 2. The number of nitrogens with two attached hydrogens (primary N) is 2. The lowest BCUT2D eigenvalue weighted by Gasteiger charge is -2.38. The van der Waals surface area contributed by atoms with Gasteiger partial charge in [-0.2, -0.15) is 20.4 Å². The summed E-state index contributed by atoms with van der Waals surface area (Å²) in [6, 6.07) is 50.4. The zero-order chi connectivity index (χ0) is 49.5. The van der Waals surface area contributed by atoms with E-state index in [2.05, 4.69) is 154 Å². The predicted molar refractivity (Wildman–Crippen MR) is 286 cm³/mol. The number of rotatable bonds is 8. The van der Waals surface area contributed by atoms with Gasteiger partial charge in [0.2, 0.25) is 0 Å². The second-order valence-electron chi connectivity index (χ2n) is 18.9. The Morgan fingerprint density at radius 1 is 0.479 bits per heavy atom. The summed E-state index contributed by atoms with van der Waals surface area (Å²) in [6.45, 7) is -0.250. The topological polar surface area (TPSA) is 207 Å². The predicted octanol–water partition coefficient (Wildman–Crippen LogP) is 11.6. The average Bonchev–Trinajstić information content (AvgIpc) is 4.28. The molecule has 14 heteroatoms. The van der Waals surface area contributed by atoms with Crippen molar-refractivity contribution in [2.45, 2.75) is 49.6 Å². The Morgan fingerprint density at radius 2 is 0.877 bits per heavy atom. The third kappa shape index (κ3) is 8.17. The summed E-state index contributed by atoms with van der Waals surface area (Å²) >= 11 is 0. The Bertz CT molecular complexity index is 3640. The fraction of sp³-hybridized carbons (Fsp3) is 0.136. The summed E-state index contributed by atoms with van der Waals surface area (Å²) in [5.41, 5.74) is 31.0. The highest BCUT2D eigenvalue weighted by molar-refractivity contribution is 6.03. The minimum atomic E-state index is -0.250. The maximum Gasteiger partial charge on any atom is 0.290 e. The summed E-state index contributed by atoms with van der Waals surface area (Å²) < 4.78 is 3.80. The molecule has 7 N–H and O–H groups in total. The Morgan fingerprint density at radius 3 is 1.22 bits per heavy atom. The number of aromatic nitrogens is 10. The molecule has 6 aromatic carbocycles. The zero-order valence-electron chi connectivity index (χ0n) is 39.7. The number of aromatic amines is 2. The van der Waals surface area contributed by atoms with Gasteiger partial charge in [0.25, 0.3) is 6.47 Å². The van der Waals surface area contributed by atoms with Gasteiger partial charge in [-0.05, 0) is 72.9 Å². The molecule has 6 aromatic heterocycles.